The van der Waals surface area contributed by atoms with Gasteiger partial charge in [-0.15, -0.1) is 0 Å². The summed E-state index contributed by atoms with van der Waals surface area (Å²) in [7, 11) is -1.00. The molecule has 2 aromatic heterocycles. The first kappa shape index (κ1) is 70.0. The summed E-state index contributed by atoms with van der Waals surface area (Å²) < 4.78 is 26.0. The average molecular weight is 1300 g/mol. The molecule has 0 bridgehead atoms. The van der Waals surface area contributed by atoms with Crippen molar-refractivity contribution in [3.8, 4) is 0 Å². The number of carbonyl (C=O) groups excluding carboxylic acids is 1. The van der Waals surface area contributed by atoms with Crippen molar-refractivity contribution in [3.05, 3.63) is 79.5 Å². The highest BCUT2D eigenvalue weighted by Crippen LogP contribution is 2.70. The highest BCUT2D eigenvalue weighted by molar-refractivity contribution is 5.94. The minimum Gasteiger partial charge on any atom is -0.481 e. The second-order valence-electron chi connectivity index (χ2n) is 30.6. The van der Waals surface area contributed by atoms with E-state index in [1.165, 1.54) is 0 Å². The number of anilines is 2. The standard InChI is InChI=1S/C36H49NO8.C24H40O5.C12H11NO4.CH3F/c1-18(5-10-31(41)37-21-6-7-23-19(2)24(16-32(42)43)34(44)45-29(23)15-21)25-8-9-26-33-27(17-30(40)36(25,26)4)35(3)12-11-22(38)13-20(35)14-28(33)39;1-13(4-7-21(28)29)16-5-6-17-22-18(12-20(27)24(16,17)3)23(2)9-8-15(25)10-14(23)11-19(22)26;1-6-8-3-2-7(13)4-10(8)17-12(16)9(6)5-11(14)15;1-2/h6-7,15,18,20,22,25-28,30,33,38-40H,5,8-14,16-17H2,1-4H3,(H,37,41)(H,42,43);13-20,22,25-27H,4-12H2,1-3H3,(H,28,29);2-4H,5,13H2,1H3,(H,14,15);1H3/t18-,20+,22-,25-,26+,27+,28-,30+,33?,35+,36-;13-,14+,15-,16-,17+,18+,19-,20+,22?,23+,24-;;/m11../s1/i;;;1D. The fourth-order valence-corrected chi connectivity index (χ4v) is 21.2. The number of carboxylic acids is 3. The SMILES string of the molecule is C[C@H](CCC(=O)O)[C@H]1CC[C@H]2C3[C@H](O)C[C@@H]4C[C@H](O)CC[C@]4(C)[C@H]3C[C@H](O)[C@]12C.Cc1c(CC(=O)O)c(=O)oc2cc(N)ccc12.Cc1c(CC(=O)O)c(=O)oc2cc(NC(=O)CC[C@@H](C)[C@H]3CC[C@H]4C5[C@H](O)C[C@@H]6C[C@H](O)CC[C@]6(C)[C@H]5C[C@H](O)[C@]34C)ccc12.[2H]CF. The van der Waals surface area contributed by atoms with Gasteiger partial charge in [-0.05, 0) is 245 Å². The van der Waals surface area contributed by atoms with Gasteiger partial charge in [-0.1, -0.05) is 41.5 Å². The van der Waals surface area contributed by atoms with Gasteiger partial charge in [-0.2, -0.15) is 0 Å². The lowest BCUT2D eigenvalue weighted by Gasteiger charge is -2.63. The van der Waals surface area contributed by atoms with E-state index < -0.39 is 61.0 Å². The number of nitrogen functional groups attached to an aromatic ring is 1. The number of nitrogens with one attached hydrogen (secondary N) is 1. The first-order valence-electron chi connectivity index (χ1n) is 34.7. The third-order valence-corrected chi connectivity index (χ3v) is 26.2. The number of amides is 1. The van der Waals surface area contributed by atoms with Gasteiger partial charge < -0.3 is 65.8 Å². The summed E-state index contributed by atoms with van der Waals surface area (Å²) >= 11 is 0. The molecule has 22 atom stereocenters. The van der Waals surface area contributed by atoms with Crippen LogP contribution >= 0.6 is 0 Å². The van der Waals surface area contributed by atoms with E-state index in [1.54, 1.807) is 50.2 Å². The molecule has 0 spiro atoms. The van der Waals surface area contributed by atoms with Crippen molar-refractivity contribution in [3.63, 3.8) is 0 Å². The molecular formula is C73H103FN2O17. The van der Waals surface area contributed by atoms with Crippen LogP contribution in [-0.2, 0) is 32.0 Å². The second-order valence-corrected chi connectivity index (χ2v) is 30.6. The van der Waals surface area contributed by atoms with E-state index in [9.17, 15) is 63.8 Å². The topological polar surface area (TPSA) is 349 Å². The highest BCUT2D eigenvalue weighted by atomic mass is 19.1. The van der Waals surface area contributed by atoms with Crippen molar-refractivity contribution >= 4 is 57.1 Å². The van der Waals surface area contributed by atoms with Crippen molar-refractivity contribution in [1.29, 1.82) is 0 Å². The van der Waals surface area contributed by atoms with Gasteiger partial charge in [0, 0.05) is 47.1 Å². The number of carboxylic acid groups (broad SMARTS) is 3. The molecule has 4 aromatic rings. The molecular weight excluding hydrogens is 1200 g/mol. The fraction of sp³-hybridized carbons (Fsp3) is 0.699. The molecule has 2 unspecified atom stereocenters. The molecule has 12 N–H and O–H groups in total. The monoisotopic (exact) mass is 1300 g/mol. The molecule has 20 heteroatoms. The second kappa shape index (κ2) is 28.1. The number of hydrogen-bond acceptors (Lipinski definition) is 15. The van der Waals surface area contributed by atoms with E-state index in [0.717, 1.165) is 83.5 Å². The minimum absolute atomic E-state index is 0.0397. The zero-order chi connectivity index (χ0) is 68.8. The van der Waals surface area contributed by atoms with Crippen LogP contribution in [0.15, 0.2) is 54.8 Å². The summed E-state index contributed by atoms with van der Waals surface area (Å²) in [6.07, 6.45) is 10.9. The van der Waals surface area contributed by atoms with Crippen LogP contribution < -0.4 is 22.3 Å². The van der Waals surface area contributed by atoms with Gasteiger partial charge in [0.25, 0.3) is 0 Å². The molecule has 19 nitrogen and oxygen atoms in total. The Balaban J connectivity index is 0.000000180. The first-order chi connectivity index (χ1) is 44.2. The molecule has 12 rings (SSSR count). The van der Waals surface area contributed by atoms with E-state index in [1.807, 2.05) is 0 Å². The van der Waals surface area contributed by atoms with Gasteiger partial charge in [-0.25, -0.2) is 9.59 Å². The van der Waals surface area contributed by atoms with Crippen molar-refractivity contribution in [1.82, 2.24) is 0 Å². The summed E-state index contributed by atoms with van der Waals surface area (Å²) in [5.41, 5.74) is 7.00. The van der Waals surface area contributed by atoms with Crippen LogP contribution in [0.25, 0.3) is 21.9 Å². The zero-order valence-electron chi connectivity index (χ0n) is 56.5. The lowest BCUT2D eigenvalue weighted by Crippen LogP contribution is -2.62. The van der Waals surface area contributed by atoms with Crippen LogP contribution in [0.5, 0.6) is 0 Å². The average Bonchev–Trinajstić information content (AvgIpc) is 1.36. The van der Waals surface area contributed by atoms with Crippen molar-refractivity contribution in [2.75, 3.05) is 18.2 Å². The van der Waals surface area contributed by atoms with Gasteiger partial charge in [0.05, 0.1) is 69.1 Å². The van der Waals surface area contributed by atoms with E-state index >= 15 is 0 Å². The van der Waals surface area contributed by atoms with E-state index in [4.69, 9.17) is 31.3 Å². The number of aryl methyl sites for hydroxylation is 2. The largest absolute Gasteiger partial charge is 0.481 e. The van der Waals surface area contributed by atoms with Gasteiger partial charge >= 0.3 is 29.2 Å². The smallest absolute Gasteiger partial charge is 0.340 e. The van der Waals surface area contributed by atoms with Gasteiger partial charge in [0.2, 0.25) is 5.91 Å². The lowest BCUT2D eigenvalue weighted by molar-refractivity contribution is -0.207. The van der Waals surface area contributed by atoms with Crippen LogP contribution in [-0.4, -0.2) is 114 Å². The van der Waals surface area contributed by atoms with Crippen molar-refractivity contribution < 1.29 is 79.7 Å². The van der Waals surface area contributed by atoms with E-state index in [-0.39, 0.29) is 111 Å². The predicted molar refractivity (Wildman–Crippen MR) is 350 cm³/mol. The third kappa shape index (κ3) is 13.6. The first-order valence-corrected chi connectivity index (χ1v) is 34.0. The molecule has 8 aliphatic carbocycles. The van der Waals surface area contributed by atoms with E-state index in [0.29, 0.717) is 99.7 Å². The number of halogens is 1. The number of hydrogen-bond donors (Lipinski definition) is 11. The fourth-order valence-electron chi connectivity index (χ4n) is 21.2. The zero-order valence-corrected chi connectivity index (χ0v) is 55.5. The molecule has 8 aliphatic rings. The molecule has 514 valence electrons. The highest BCUT2D eigenvalue weighted by Gasteiger charge is 2.67. The molecule has 93 heavy (non-hydrogen) atoms. The van der Waals surface area contributed by atoms with Gasteiger partial charge in [0.15, 0.2) is 0 Å². The Morgan fingerprint density at radius 2 is 1.02 bits per heavy atom. The molecule has 0 radical (unpaired) electrons. The molecule has 8 fully saturated rings. The number of rotatable bonds is 13. The van der Waals surface area contributed by atoms with Crippen LogP contribution in [0.4, 0.5) is 15.8 Å². The molecule has 8 saturated carbocycles. The lowest BCUT2D eigenvalue weighted by atomic mass is 9.43. The number of aliphatic carboxylic acids is 3. The van der Waals surface area contributed by atoms with Gasteiger partial charge in [0.1, 0.15) is 11.2 Å². The number of aliphatic hydroxyl groups excluding tert-OH is 6. The Labute approximate surface area is 545 Å². The predicted octanol–water partition coefficient (Wildman–Crippen LogP) is 10.4. The molecule has 1 amide bonds. The third-order valence-electron chi connectivity index (χ3n) is 26.2. The maximum absolute atomic E-state index is 13.1. The number of carbonyl (C=O) groups is 4. The Morgan fingerprint density at radius 1 is 0.602 bits per heavy atom. The maximum atomic E-state index is 13.1. The van der Waals surface area contributed by atoms with Crippen LogP contribution in [0.3, 0.4) is 0 Å². The van der Waals surface area contributed by atoms with E-state index in [2.05, 4.69) is 46.9 Å². The summed E-state index contributed by atoms with van der Waals surface area (Å²) in [4.78, 5) is 70.0. The molecule has 2 aromatic carbocycles. The molecule has 2 heterocycles. The summed E-state index contributed by atoms with van der Waals surface area (Å²) in [6.45, 7) is 16.9. The Hall–Kier alpha value is -5.77. The normalized spacial score (nSPS) is 37.1. The Kier molecular flexibility index (Phi) is 21.2. The number of alkyl halides is 1. The number of aliphatic hydroxyl groups is 6. The summed E-state index contributed by atoms with van der Waals surface area (Å²) in [5, 5.41) is 97.8. The number of benzene rings is 2. The number of nitrogens with two attached hydrogens (primary N) is 1. The molecule has 0 saturated heterocycles. The van der Waals surface area contributed by atoms with Crippen molar-refractivity contribution in [2.45, 2.75) is 220 Å². The summed E-state index contributed by atoms with van der Waals surface area (Å²) in [6, 6.07) is 10.0. The van der Waals surface area contributed by atoms with Crippen molar-refractivity contribution in [2.24, 2.45) is 92.7 Å². The minimum atomic E-state index is -1.10. The Morgan fingerprint density at radius 3 is 1.45 bits per heavy atom. The summed E-state index contributed by atoms with van der Waals surface area (Å²) in [5.74, 6) is 0.0794. The van der Waals surface area contributed by atoms with Crippen LogP contribution in [0.2, 0.25) is 0 Å². The number of fused-ring (bicyclic) bond motifs is 12. The maximum Gasteiger partial charge on any atom is 0.340 e. The van der Waals surface area contributed by atoms with Crippen LogP contribution in [0, 0.1) is 107 Å². The Bertz CT molecular complexity index is 3540. The quantitative estimate of drug-likeness (QED) is 0.0438. The van der Waals surface area contributed by atoms with Crippen LogP contribution in [0.1, 0.15) is 181 Å². The van der Waals surface area contributed by atoms with Gasteiger partial charge in [-0.3, -0.25) is 23.6 Å². The molecule has 0 aliphatic heterocycles.